The molecule has 0 heterocycles. The molecule has 1 saturated carbocycles. The third-order valence-corrected chi connectivity index (χ3v) is 4.36. The van der Waals surface area contributed by atoms with E-state index in [1.165, 1.54) is 5.56 Å². The Balaban J connectivity index is 1.96. The number of hydrogen-bond acceptors (Lipinski definition) is 3. The molecule has 1 amide bonds. The SMILES string of the molecule is CCC(C)c1ccc(OC2CCC(N)(C(N)=O)C2)cc1. The van der Waals surface area contributed by atoms with E-state index < -0.39 is 11.4 Å². The maximum atomic E-state index is 11.3. The number of nitrogens with two attached hydrogens (primary N) is 2. The summed E-state index contributed by atoms with van der Waals surface area (Å²) in [5, 5.41) is 0. The van der Waals surface area contributed by atoms with Crippen molar-refractivity contribution >= 4 is 5.91 Å². The molecule has 0 radical (unpaired) electrons. The number of benzene rings is 1. The van der Waals surface area contributed by atoms with Gasteiger partial charge in [-0.25, -0.2) is 0 Å². The van der Waals surface area contributed by atoms with E-state index >= 15 is 0 Å². The van der Waals surface area contributed by atoms with Crippen molar-refractivity contribution in [1.82, 2.24) is 0 Å². The van der Waals surface area contributed by atoms with Crippen LogP contribution in [0, 0.1) is 0 Å². The zero-order chi connectivity index (χ0) is 14.8. The fourth-order valence-corrected chi connectivity index (χ4v) is 2.66. The summed E-state index contributed by atoms with van der Waals surface area (Å²) in [6.45, 7) is 4.39. The Hall–Kier alpha value is -1.55. The number of rotatable bonds is 5. The second-order valence-corrected chi connectivity index (χ2v) is 5.88. The number of carbonyl (C=O) groups is 1. The highest BCUT2D eigenvalue weighted by atomic mass is 16.5. The molecule has 4 N–H and O–H groups in total. The maximum absolute atomic E-state index is 11.3. The molecular weight excluding hydrogens is 252 g/mol. The Labute approximate surface area is 120 Å². The Morgan fingerprint density at radius 2 is 2.10 bits per heavy atom. The fourth-order valence-electron chi connectivity index (χ4n) is 2.66. The first kappa shape index (κ1) is 14.9. The van der Waals surface area contributed by atoms with Crippen molar-refractivity contribution < 1.29 is 9.53 Å². The lowest BCUT2D eigenvalue weighted by molar-refractivity contribution is -0.123. The van der Waals surface area contributed by atoms with Crippen LogP contribution in [0.3, 0.4) is 0 Å². The molecule has 0 bridgehead atoms. The Morgan fingerprint density at radius 1 is 1.45 bits per heavy atom. The van der Waals surface area contributed by atoms with Crippen LogP contribution in [-0.4, -0.2) is 17.6 Å². The first-order valence-corrected chi connectivity index (χ1v) is 7.30. The normalized spacial score (nSPS) is 27.2. The predicted octanol–water partition coefficient (Wildman–Crippen LogP) is 2.31. The summed E-state index contributed by atoms with van der Waals surface area (Å²) >= 11 is 0. The van der Waals surface area contributed by atoms with Crippen molar-refractivity contribution in [2.45, 2.75) is 57.1 Å². The summed E-state index contributed by atoms with van der Waals surface area (Å²) in [5.41, 5.74) is 11.7. The van der Waals surface area contributed by atoms with Gasteiger partial charge in [0.25, 0.3) is 0 Å². The molecule has 0 aliphatic heterocycles. The van der Waals surface area contributed by atoms with Gasteiger partial charge in [0.05, 0.1) is 5.54 Å². The summed E-state index contributed by atoms with van der Waals surface area (Å²) in [6.07, 6.45) is 2.96. The quantitative estimate of drug-likeness (QED) is 0.866. The van der Waals surface area contributed by atoms with Crippen molar-refractivity contribution in [1.29, 1.82) is 0 Å². The zero-order valence-corrected chi connectivity index (χ0v) is 12.3. The molecule has 3 unspecified atom stereocenters. The smallest absolute Gasteiger partial charge is 0.237 e. The fraction of sp³-hybridized carbons (Fsp3) is 0.562. The van der Waals surface area contributed by atoms with Gasteiger partial charge < -0.3 is 16.2 Å². The largest absolute Gasteiger partial charge is 0.490 e. The van der Waals surface area contributed by atoms with Gasteiger partial charge in [-0.3, -0.25) is 4.79 Å². The molecule has 110 valence electrons. The van der Waals surface area contributed by atoms with Crippen LogP contribution in [0.4, 0.5) is 0 Å². The molecule has 20 heavy (non-hydrogen) atoms. The molecule has 4 heteroatoms. The highest BCUT2D eigenvalue weighted by Gasteiger charge is 2.41. The molecule has 1 aliphatic rings. The van der Waals surface area contributed by atoms with Gasteiger partial charge in [-0.2, -0.15) is 0 Å². The third-order valence-electron chi connectivity index (χ3n) is 4.36. The van der Waals surface area contributed by atoms with E-state index in [1.54, 1.807) is 0 Å². The van der Waals surface area contributed by atoms with Gasteiger partial charge in [0.15, 0.2) is 0 Å². The number of carbonyl (C=O) groups excluding carboxylic acids is 1. The van der Waals surface area contributed by atoms with E-state index in [1.807, 2.05) is 12.1 Å². The highest BCUT2D eigenvalue weighted by molar-refractivity contribution is 5.84. The first-order valence-electron chi connectivity index (χ1n) is 7.30. The molecule has 0 saturated heterocycles. The Morgan fingerprint density at radius 3 is 2.60 bits per heavy atom. The van der Waals surface area contributed by atoms with Crippen LogP contribution in [0.5, 0.6) is 5.75 Å². The Bertz CT molecular complexity index is 472. The van der Waals surface area contributed by atoms with Crippen molar-refractivity contribution in [2.75, 3.05) is 0 Å². The molecule has 4 nitrogen and oxygen atoms in total. The van der Waals surface area contributed by atoms with E-state index in [0.717, 1.165) is 18.6 Å². The van der Waals surface area contributed by atoms with E-state index in [9.17, 15) is 4.79 Å². The van der Waals surface area contributed by atoms with E-state index in [-0.39, 0.29) is 6.10 Å². The van der Waals surface area contributed by atoms with Gasteiger partial charge in [-0.05, 0) is 42.9 Å². The van der Waals surface area contributed by atoms with Gasteiger partial charge in [0.2, 0.25) is 5.91 Å². The summed E-state index contributed by atoms with van der Waals surface area (Å²) in [7, 11) is 0. The minimum absolute atomic E-state index is 0.0260. The van der Waals surface area contributed by atoms with Crippen molar-refractivity contribution in [2.24, 2.45) is 11.5 Å². The number of amides is 1. The van der Waals surface area contributed by atoms with Gasteiger partial charge in [0, 0.05) is 6.42 Å². The molecular formula is C16H24N2O2. The molecule has 2 rings (SSSR count). The van der Waals surface area contributed by atoms with Crippen LogP contribution < -0.4 is 16.2 Å². The number of primary amides is 1. The second-order valence-electron chi connectivity index (χ2n) is 5.88. The van der Waals surface area contributed by atoms with Crippen molar-refractivity contribution in [3.8, 4) is 5.75 Å². The zero-order valence-electron chi connectivity index (χ0n) is 12.3. The van der Waals surface area contributed by atoms with E-state index in [0.29, 0.717) is 18.8 Å². The minimum Gasteiger partial charge on any atom is -0.490 e. The van der Waals surface area contributed by atoms with E-state index in [2.05, 4.69) is 26.0 Å². The lowest BCUT2D eigenvalue weighted by Crippen LogP contribution is -2.50. The summed E-state index contributed by atoms with van der Waals surface area (Å²) in [4.78, 5) is 11.3. The Kier molecular flexibility index (Phi) is 4.33. The van der Waals surface area contributed by atoms with Crippen molar-refractivity contribution in [3.05, 3.63) is 29.8 Å². The van der Waals surface area contributed by atoms with Crippen LogP contribution in [0.25, 0.3) is 0 Å². The summed E-state index contributed by atoms with van der Waals surface area (Å²) < 4.78 is 5.90. The molecule has 0 spiro atoms. The lowest BCUT2D eigenvalue weighted by Gasteiger charge is -2.20. The topological polar surface area (TPSA) is 78.3 Å². The molecule has 0 aromatic heterocycles. The van der Waals surface area contributed by atoms with Crippen molar-refractivity contribution in [3.63, 3.8) is 0 Å². The van der Waals surface area contributed by atoms with Crippen LogP contribution in [0.15, 0.2) is 24.3 Å². The second kappa shape index (κ2) is 5.83. The van der Waals surface area contributed by atoms with Crippen LogP contribution in [-0.2, 0) is 4.79 Å². The molecule has 1 fully saturated rings. The third kappa shape index (κ3) is 3.12. The maximum Gasteiger partial charge on any atom is 0.237 e. The molecule has 1 aromatic carbocycles. The van der Waals surface area contributed by atoms with Crippen LogP contribution >= 0.6 is 0 Å². The monoisotopic (exact) mass is 276 g/mol. The van der Waals surface area contributed by atoms with Crippen LogP contribution in [0.2, 0.25) is 0 Å². The van der Waals surface area contributed by atoms with Gasteiger partial charge in [-0.1, -0.05) is 26.0 Å². The molecule has 3 atom stereocenters. The number of hydrogen-bond donors (Lipinski definition) is 2. The van der Waals surface area contributed by atoms with E-state index in [4.69, 9.17) is 16.2 Å². The summed E-state index contributed by atoms with van der Waals surface area (Å²) in [5.74, 6) is 0.952. The lowest BCUT2D eigenvalue weighted by atomic mass is 9.98. The van der Waals surface area contributed by atoms with Gasteiger partial charge in [0.1, 0.15) is 11.9 Å². The average Bonchev–Trinajstić information content (AvgIpc) is 2.82. The minimum atomic E-state index is -0.901. The standard InChI is InChI=1S/C16H24N2O2/c1-3-11(2)12-4-6-13(7-5-12)20-14-8-9-16(18,10-14)15(17)19/h4-7,11,14H,3,8-10,18H2,1-2H3,(H2,17,19). The first-order chi connectivity index (χ1) is 9.44. The molecule has 1 aromatic rings. The predicted molar refractivity (Wildman–Crippen MR) is 79.5 cm³/mol. The summed E-state index contributed by atoms with van der Waals surface area (Å²) in [6, 6.07) is 8.18. The average molecular weight is 276 g/mol. The van der Waals surface area contributed by atoms with Crippen LogP contribution in [0.1, 0.15) is 51.0 Å². The van der Waals surface area contributed by atoms with Gasteiger partial charge >= 0.3 is 0 Å². The number of ether oxygens (including phenoxy) is 1. The highest BCUT2D eigenvalue weighted by Crippen LogP contribution is 2.31. The van der Waals surface area contributed by atoms with Gasteiger partial charge in [-0.15, -0.1) is 0 Å². The molecule has 1 aliphatic carbocycles.